The molecule has 0 amide bonds. The molecule has 0 saturated heterocycles. The maximum atomic E-state index is 9.03. The van der Waals surface area contributed by atoms with E-state index >= 15 is 0 Å². The van der Waals surface area contributed by atoms with E-state index in [9.17, 15) is 0 Å². The lowest BCUT2D eigenvalue weighted by Crippen LogP contribution is -2.36. The number of benzene rings is 1. The molecular formula is C12H15NO3. The fraction of sp³-hybridized carbons (Fsp3) is 0.417. The highest BCUT2D eigenvalue weighted by Gasteiger charge is 2.31. The highest BCUT2D eigenvalue weighted by Crippen LogP contribution is 2.35. The van der Waals surface area contributed by atoms with Crippen LogP contribution in [0.3, 0.4) is 0 Å². The Hall–Kier alpha value is -1.71. The van der Waals surface area contributed by atoms with Crippen LogP contribution in [0.1, 0.15) is 25.8 Å². The van der Waals surface area contributed by atoms with Gasteiger partial charge in [0.25, 0.3) is 0 Å². The van der Waals surface area contributed by atoms with E-state index in [1.807, 2.05) is 32.0 Å². The van der Waals surface area contributed by atoms with Crippen molar-refractivity contribution in [1.29, 1.82) is 0 Å². The monoisotopic (exact) mass is 221 g/mol. The van der Waals surface area contributed by atoms with E-state index in [-0.39, 0.29) is 5.60 Å². The fourth-order valence-electron chi connectivity index (χ4n) is 1.87. The molecule has 0 aliphatic carbocycles. The summed E-state index contributed by atoms with van der Waals surface area (Å²) in [4.78, 5) is 0. The molecule has 4 nitrogen and oxygen atoms in total. The topological polar surface area (TPSA) is 51.0 Å². The number of hydrogen-bond acceptors (Lipinski definition) is 4. The van der Waals surface area contributed by atoms with Gasteiger partial charge in [-0.05, 0) is 32.0 Å². The van der Waals surface area contributed by atoms with Gasteiger partial charge in [-0.1, -0.05) is 5.16 Å². The average molecular weight is 221 g/mol. The highest BCUT2D eigenvalue weighted by molar-refractivity contribution is 6.04. The lowest BCUT2D eigenvalue weighted by molar-refractivity contribution is 0.109. The lowest BCUT2D eigenvalue weighted by Gasteiger charge is -2.32. The summed E-state index contributed by atoms with van der Waals surface area (Å²) in [7, 11) is 1.60. The first kappa shape index (κ1) is 10.8. The molecule has 0 unspecified atom stereocenters. The summed E-state index contributed by atoms with van der Waals surface area (Å²) in [6.45, 7) is 3.93. The third-order valence-electron chi connectivity index (χ3n) is 2.60. The molecule has 0 aromatic heterocycles. The van der Waals surface area contributed by atoms with Gasteiger partial charge in [-0.25, -0.2) is 0 Å². The second-order valence-corrected chi connectivity index (χ2v) is 4.45. The summed E-state index contributed by atoms with van der Waals surface area (Å²) in [5.74, 6) is 1.45. The van der Waals surface area contributed by atoms with Gasteiger partial charge in [0.15, 0.2) is 0 Å². The van der Waals surface area contributed by atoms with Crippen LogP contribution in [0.5, 0.6) is 11.5 Å². The predicted molar refractivity (Wildman–Crippen MR) is 60.6 cm³/mol. The number of rotatable bonds is 1. The Labute approximate surface area is 94.5 Å². The first-order valence-electron chi connectivity index (χ1n) is 5.14. The van der Waals surface area contributed by atoms with E-state index in [0.717, 1.165) is 17.1 Å². The molecule has 0 fully saturated rings. The molecule has 16 heavy (non-hydrogen) atoms. The van der Waals surface area contributed by atoms with Crippen LogP contribution in [0.25, 0.3) is 0 Å². The number of nitrogens with zero attached hydrogens (tertiary/aromatic N) is 1. The Kier molecular flexibility index (Phi) is 2.50. The summed E-state index contributed by atoms with van der Waals surface area (Å²) >= 11 is 0. The Morgan fingerprint density at radius 2 is 2.19 bits per heavy atom. The summed E-state index contributed by atoms with van der Waals surface area (Å²) in [6, 6.07) is 5.48. The maximum absolute atomic E-state index is 9.03. The minimum atomic E-state index is -0.344. The van der Waals surface area contributed by atoms with Gasteiger partial charge >= 0.3 is 0 Å². The zero-order valence-corrected chi connectivity index (χ0v) is 9.65. The number of methoxy groups -OCH3 is 1. The molecule has 1 aliphatic rings. The predicted octanol–water partition coefficient (Wildman–Crippen LogP) is 2.43. The van der Waals surface area contributed by atoms with Crippen LogP contribution in [0, 0.1) is 0 Å². The molecule has 0 saturated carbocycles. The molecular weight excluding hydrogens is 206 g/mol. The van der Waals surface area contributed by atoms with Crippen LogP contribution in [-0.4, -0.2) is 23.6 Å². The van der Waals surface area contributed by atoms with Crippen molar-refractivity contribution >= 4 is 5.71 Å². The van der Waals surface area contributed by atoms with Crippen molar-refractivity contribution in [3.05, 3.63) is 23.8 Å². The summed E-state index contributed by atoms with van der Waals surface area (Å²) in [5, 5.41) is 12.4. The van der Waals surface area contributed by atoms with Crippen molar-refractivity contribution in [3.63, 3.8) is 0 Å². The highest BCUT2D eigenvalue weighted by atomic mass is 16.5. The summed E-state index contributed by atoms with van der Waals surface area (Å²) in [5.41, 5.74) is 1.08. The smallest absolute Gasteiger partial charge is 0.129 e. The minimum Gasteiger partial charge on any atom is -0.497 e. The number of oxime groups is 1. The van der Waals surface area contributed by atoms with E-state index < -0.39 is 0 Å². The Balaban J connectivity index is 2.51. The van der Waals surface area contributed by atoms with Gasteiger partial charge < -0.3 is 14.7 Å². The van der Waals surface area contributed by atoms with Gasteiger partial charge in [-0.3, -0.25) is 0 Å². The van der Waals surface area contributed by atoms with Gasteiger partial charge in [-0.15, -0.1) is 0 Å². The molecule has 1 heterocycles. The normalized spacial score (nSPS) is 20.1. The van der Waals surface area contributed by atoms with Crippen molar-refractivity contribution in [3.8, 4) is 11.5 Å². The second-order valence-electron chi connectivity index (χ2n) is 4.45. The van der Waals surface area contributed by atoms with Gasteiger partial charge in [-0.2, -0.15) is 0 Å². The van der Waals surface area contributed by atoms with Crippen LogP contribution in [0.2, 0.25) is 0 Å². The van der Waals surface area contributed by atoms with Gasteiger partial charge in [0.2, 0.25) is 0 Å². The van der Waals surface area contributed by atoms with Crippen LogP contribution in [-0.2, 0) is 0 Å². The summed E-state index contributed by atoms with van der Waals surface area (Å²) in [6.07, 6.45) is 0.573. The Morgan fingerprint density at radius 3 is 2.81 bits per heavy atom. The molecule has 4 heteroatoms. The molecule has 0 atom stereocenters. The van der Waals surface area contributed by atoms with E-state index in [1.54, 1.807) is 7.11 Å². The lowest BCUT2D eigenvalue weighted by atomic mass is 9.92. The number of hydrogen-bond donors (Lipinski definition) is 1. The SMILES string of the molecule is COc1ccc2c(c1)C(=NO)CC(C)(C)O2. The number of ether oxygens (including phenoxy) is 2. The average Bonchev–Trinajstić information content (AvgIpc) is 2.26. The van der Waals surface area contributed by atoms with E-state index in [0.29, 0.717) is 12.1 Å². The quantitative estimate of drug-likeness (QED) is 0.585. The fourth-order valence-corrected chi connectivity index (χ4v) is 1.87. The molecule has 2 rings (SSSR count). The maximum Gasteiger partial charge on any atom is 0.129 e. The Bertz CT molecular complexity index is 438. The largest absolute Gasteiger partial charge is 0.497 e. The van der Waals surface area contributed by atoms with Crippen molar-refractivity contribution in [2.45, 2.75) is 25.9 Å². The molecule has 0 spiro atoms. The van der Waals surface area contributed by atoms with E-state index in [4.69, 9.17) is 14.7 Å². The van der Waals surface area contributed by atoms with Crippen molar-refractivity contribution in [2.75, 3.05) is 7.11 Å². The van der Waals surface area contributed by atoms with Crippen molar-refractivity contribution in [1.82, 2.24) is 0 Å². The minimum absolute atomic E-state index is 0.344. The van der Waals surface area contributed by atoms with Gasteiger partial charge in [0, 0.05) is 12.0 Å². The van der Waals surface area contributed by atoms with Crippen LogP contribution in [0.15, 0.2) is 23.4 Å². The van der Waals surface area contributed by atoms with Crippen LogP contribution in [0.4, 0.5) is 0 Å². The van der Waals surface area contributed by atoms with E-state index in [2.05, 4.69) is 5.16 Å². The zero-order valence-electron chi connectivity index (χ0n) is 9.65. The van der Waals surface area contributed by atoms with E-state index in [1.165, 1.54) is 0 Å². The van der Waals surface area contributed by atoms with Crippen molar-refractivity contribution < 1.29 is 14.7 Å². The van der Waals surface area contributed by atoms with Crippen LogP contribution >= 0.6 is 0 Å². The third kappa shape index (κ3) is 1.83. The third-order valence-corrected chi connectivity index (χ3v) is 2.60. The number of fused-ring (bicyclic) bond motifs is 1. The second kappa shape index (κ2) is 3.70. The molecule has 1 aromatic rings. The molecule has 1 aliphatic heterocycles. The van der Waals surface area contributed by atoms with Crippen LogP contribution < -0.4 is 9.47 Å². The molecule has 86 valence electrons. The molecule has 1 aromatic carbocycles. The summed E-state index contributed by atoms with van der Waals surface area (Å²) < 4.78 is 10.9. The van der Waals surface area contributed by atoms with Gasteiger partial charge in [0.05, 0.1) is 12.8 Å². The first-order chi connectivity index (χ1) is 7.55. The zero-order chi connectivity index (χ0) is 11.8. The van der Waals surface area contributed by atoms with Gasteiger partial charge in [0.1, 0.15) is 17.1 Å². The van der Waals surface area contributed by atoms with Crippen molar-refractivity contribution in [2.24, 2.45) is 5.16 Å². The molecule has 0 bridgehead atoms. The first-order valence-corrected chi connectivity index (χ1v) is 5.14. The molecule has 0 radical (unpaired) electrons. The Morgan fingerprint density at radius 1 is 1.44 bits per heavy atom. The molecule has 1 N–H and O–H groups in total. The standard InChI is InChI=1S/C12H15NO3/c1-12(2)7-10(13-14)9-6-8(15-3)4-5-11(9)16-12/h4-6,14H,7H2,1-3H3.